The highest BCUT2D eigenvalue weighted by atomic mass is 32.1. The molecule has 0 N–H and O–H groups in total. The highest BCUT2D eigenvalue weighted by Crippen LogP contribution is 2.24. The number of benzene rings is 4. The Hall–Kier alpha value is -5.26. The van der Waals surface area contributed by atoms with Crippen molar-refractivity contribution in [1.29, 1.82) is 0 Å². The van der Waals surface area contributed by atoms with E-state index in [9.17, 15) is 0 Å². The Balaban J connectivity index is 0.000000119. The number of nitrogens with zero attached hydrogens (tertiary/aromatic N) is 8. The van der Waals surface area contributed by atoms with Crippen molar-refractivity contribution in [2.45, 2.75) is 13.3 Å². The summed E-state index contributed by atoms with van der Waals surface area (Å²) in [5.41, 5.74) is 9.72. The summed E-state index contributed by atoms with van der Waals surface area (Å²) in [6, 6.07) is 37.0. The van der Waals surface area contributed by atoms with Crippen LogP contribution in [-0.4, -0.2) is 31.2 Å². The van der Waals surface area contributed by atoms with Gasteiger partial charge in [0.2, 0.25) is 22.2 Å². The van der Waals surface area contributed by atoms with Gasteiger partial charge in [-0.1, -0.05) is 64.0 Å². The van der Waals surface area contributed by atoms with Crippen LogP contribution in [0.1, 0.15) is 12.5 Å². The first-order chi connectivity index (χ1) is 23.3. The first-order valence-corrected chi connectivity index (χ1v) is 16.9. The van der Waals surface area contributed by atoms with Gasteiger partial charge in [-0.05, 0) is 36.4 Å². The molecule has 1 aliphatic rings. The lowest BCUT2D eigenvalue weighted by atomic mass is 10.1. The number of hydrogen-bond acceptors (Lipinski definition) is 6. The molecule has 9 rings (SSSR count). The molecule has 0 bridgehead atoms. The van der Waals surface area contributed by atoms with Crippen molar-refractivity contribution in [3.63, 3.8) is 0 Å². The van der Waals surface area contributed by atoms with E-state index in [4.69, 9.17) is 4.63 Å². The molecule has 0 unspecified atom stereocenters. The molecule has 1 aliphatic heterocycles. The van der Waals surface area contributed by atoms with E-state index in [0.717, 1.165) is 23.0 Å². The summed E-state index contributed by atoms with van der Waals surface area (Å²) in [4.78, 5) is 0. The molecule has 4 aromatic heterocycles. The van der Waals surface area contributed by atoms with Gasteiger partial charge >= 0.3 is 0 Å². The third kappa shape index (κ3) is 8.75. The predicted molar refractivity (Wildman–Crippen MR) is 191 cm³/mol. The zero-order valence-electron chi connectivity index (χ0n) is 28.1. The van der Waals surface area contributed by atoms with E-state index in [2.05, 4.69) is 121 Å². The van der Waals surface area contributed by atoms with Crippen LogP contribution in [0.15, 0.2) is 132 Å². The van der Waals surface area contributed by atoms with Crippen molar-refractivity contribution in [3.8, 4) is 0 Å². The molecule has 11 heteroatoms. The first kappa shape index (κ1) is 34.1. The van der Waals surface area contributed by atoms with Crippen molar-refractivity contribution < 1.29 is 26.4 Å². The van der Waals surface area contributed by atoms with Crippen LogP contribution in [0.2, 0.25) is 0 Å². The average molecular weight is 678 g/mol. The van der Waals surface area contributed by atoms with Gasteiger partial charge in [-0.25, -0.2) is 9.14 Å². The number of aromatic nitrogens is 7. The zero-order valence-corrected chi connectivity index (χ0v) is 29.8. The van der Waals surface area contributed by atoms with Crippen LogP contribution in [0.5, 0.6) is 0 Å². The van der Waals surface area contributed by atoms with Crippen LogP contribution in [0.25, 0.3) is 33.0 Å². The van der Waals surface area contributed by atoms with E-state index in [-0.39, 0.29) is 0 Å². The maximum atomic E-state index is 4.88. The van der Waals surface area contributed by atoms with Crippen molar-refractivity contribution in [2.24, 2.45) is 28.2 Å². The smallest absolute Gasteiger partial charge is 0.202 e. The van der Waals surface area contributed by atoms with Gasteiger partial charge in [0.05, 0.1) is 20.5 Å². The second kappa shape index (κ2) is 16.5. The van der Waals surface area contributed by atoms with Gasteiger partial charge < -0.3 is 0 Å². The Kier molecular flexibility index (Phi) is 11.7. The van der Waals surface area contributed by atoms with Crippen molar-refractivity contribution in [2.75, 3.05) is 7.05 Å². The van der Waals surface area contributed by atoms with E-state index in [1.54, 1.807) is 10.9 Å². The molecule has 9 nitrogen and oxygen atoms in total. The average Bonchev–Trinajstić information content (AvgIpc) is 3.91. The van der Waals surface area contributed by atoms with Gasteiger partial charge in [0.15, 0.2) is 28.8 Å². The summed E-state index contributed by atoms with van der Waals surface area (Å²) in [7, 11) is 9.98. The molecule has 0 aliphatic carbocycles. The lowest BCUT2D eigenvalue weighted by Crippen LogP contribution is -2.27. The number of fused-ring (bicyclic) bond motifs is 4. The summed E-state index contributed by atoms with van der Waals surface area (Å²) < 4.78 is 22.9. The Morgan fingerprint density at radius 1 is 0.646 bits per heavy atom. The molecule has 4 aromatic carbocycles. The standard InChI is InChI=1S/C10H12N.C10H10N.C7H7N2O.C7H7N2S.C3H5N2S/c1-8-7-9-5-3-4-6-10(9)11(8)2;1-11-8-4-6-9-5-2-3-7-10(9)11;2*1-9-7-5-3-2-4-6(7)8-10-9;1-5-3-2-4-6-5/h3-6H,7H2,1-2H3;2-8H,1H3;2*2-5H,1H3;2-3H,1H3/q5*+1. The zero-order chi connectivity index (χ0) is 33.9. The van der Waals surface area contributed by atoms with Crippen LogP contribution in [0, 0.1) is 0 Å². The quantitative estimate of drug-likeness (QED) is 0.202. The molecular weight excluding hydrogens is 637 g/mol. The number of aryl methyl sites for hydroxylation is 4. The van der Waals surface area contributed by atoms with E-state index in [1.807, 2.05) is 73.8 Å². The van der Waals surface area contributed by atoms with Crippen molar-refractivity contribution in [3.05, 3.63) is 133 Å². The first-order valence-electron chi connectivity index (χ1n) is 15.5. The van der Waals surface area contributed by atoms with Gasteiger partial charge in [0.25, 0.3) is 29.0 Å². The number of para-hydroxylation sites is 4. The number of hydrogen-bond donors (Lipinski definition) is 0. The summed E-state index contributed by atoms with van der Waals surface area (Å²) in [5.74, 6) is 0. The maximum absolute atomic E-state index is 4.88. The van der Waals surface area contributed by atoms with Crippen LogP contribution < -0.4 is 17.2 Å². The highest BCUT2D eigenvalue weighted by molar-refractivity contribution is 6.95. The summed E-state index contributed by atoms with van der Waals surface area (Å²) in [6.45, 7) is 2.18. The molecule has 0 saturated heterocycles. The van der Waals surface area contributed by atoms with E-state index in [0.29, 0.717) is 0 Å². The predicted octanol–water partition coefficient (Wildman–Crippen LogP) is 5.38. The number of rotatable bonds is 0. The third-order valence-electron chi connectivity index (χ3n) is 7.75. The fourth-order valence-corrected chi connectivity index (χ4v) is 6.03. The van der Waals surface area contributed by atoms with Gasteiger partial charge in [-0.2, -0.15) is 7.91 Å². The minimum absolute atomic E-state index is 0.894. The second-order valence-electron chi connectivity index (χ2n) is 11.1. The van der Waals surface area contributed by atoms with Gasteiger partial charge in [0.1, 0.15) is 27.3 Å². The van der Waals surface area contributed by atoms with Gasteiger partial charge in [-0.15, -0.1) is 0 Å². The van der Waals surface area contributed by atoms with Crippen molar-refractivity contribution >= 4 is 67.8 Å². The van der Waals surface area contributed by atoms with Crippen LogP contribution in [-0.2, 0) is 34.6 Å². The van der Waals surface area contributed by atoms with Crippen LogP contribution in [0.3, 0.4) is 0 Å². The minimum atomic E-state index is 0.894. The fourth-order valence-electron chi connectivity index (χ4n) is 5.06. The lowest BCUT2D eigenvalue weighted by Gasteiger charge is -1.93. The Morgan fingerprint density at radius 3 is 1.94 bits per heavy atom. The normalized spacial score (nSPS) is 11.4. The third-order valence-corrected chi connectivity index (χ3v) is 9.07. The molecule has 0 spiro atoms. The molecule has 8 aromatic rings. The molecule has 0 saturated carbocycles. The van der Waals surface area contributed by atoms with E-state index < -0.39 is 0 Å². The SMILES string of the molecule is CC1=[N+](C)c2ccccc2C1.C[n+]1cccc2ccccc21.C[n+]1ccns1.C[n+]1onc2ccccc21.C[n+]1snc2ccccc21. The Morgan fingerprint density at radius 2 is 1.29 bits per heavy atom. The van der Waals surface area contributed by atoms with E-state index >= 15 is 0 Å². The largest absolute Gasteiger partial charge is 0.277 e. The molecule has 48 heavy (non-hydrogen) atoms. The molecule has 242 valence electrons. The number of pyridine rings is 1. The highest BCUT2D eigenvalue weighted by Gasteiger charge is 2.22. The maximum Gasteiger partial charge on any atom is 0.277 e. The summed E-state index contributed by atoms with van der Waals surface area (Å²) >= 11 is 2.93. The molecule has 0 atom stereocenters. The monoisotopic (exact) mass is 677 g/mol. The lowest BCUT2D eigenvalue weighted by molar-refractivity contribution is -0.834. The van der Waals surface area contributed by atoms with Crippen LogP contribution >= 0.6 is 23.5 Å². The van der Waals surface area contributed by atoms with Gasteiger partial charge in [0, 0.05) is 44.8 Å². The molecular formula is C37H41N8OS2+5. The van der Waals surface area contributed by atoms with E-state index in [1.165, 1.54) is 56.8 Å². The molecule has 0 fully saturated rings. The minimum Gasteiger partial charge on any atom is -0.202 e. The Bertz CT molecular complexity index is 2180. The fraction of sp³-hybridized carbons (Fsp3) is 0.189. The summed E-state index contributed by atoms with van der Waals surface area (Å²) in [6.07, 6.45) is 6.85. The summed E-state index contributed by atoms with van der Waals surface area (Å²) in [5, 5.41) is 5.10. The second-order valence-corrected chi connectivity index (χ2v) is 13.0. The molecule has 0 amide bonds. The topological polar surface area (TPSA) is 70.3 Å². The molecule has 0 radical (unpaired) electrons. The molecule has 5 heterocycles. The van der Waals surface area contributed by atoms with Crippen molar-refractivity contribution in [1.82, 2.24) is 13.9 Å². The van der Waals surface area contributed by atoms with Gasteiger partial charge in [-0.3, -0.25) is 0 Å². The Labute approximate surface area is 289 Å². The van der Waals surface area contributed by atoms with Crippen LogP contribution in [0.4, 0.5) is 5.69 Å².